The van der Waals surface area contributed by atoms with E-state index >= 15 is 0 Å². The van der Waals surface area contributed by atoms with Crippen LogP contribution < -0.4 is 4.90 Å². The standard InChI is InChI=1S/C20H18N2O4/c23-18-15-8-3-4-9-16(15)22(19(24)17-10-5-11-21(17)18)12-13-6-1-2-7-14(13)20(25)26/h1-4,6-9,17H,5,10-12H2,(H,25,26). The van der Waals surface area contributed by atoms with Gasteiger partial charge in [0.05, 0.1) is 23.4 Å². The lowest BCUT2D eigenvalue weighted by molar-refractivity contribution is -0.122. The fourth-order valence-electron chi connectivity index (χ4n) is 3.81. The van der Waals surface area contributed by atoms with Crippen LogP contribution >= 0.6 is 0 Å². The smallest absolute Gasteiger partial charge is 0.336 e. The third kappa shape index (κ3) is 2.54. The summed E-state index contributed by atoms with van der Waals surface area (Å²) in [5.74, 6) is -1.32. The number of anilines is 1. The van der Waals surface area contributed by atoms with Crippen LogP contribution in [0.1, 0.15) is 39.1 Å². The fraction of sp³-hybridized carbons (Fsp3) is 0.250. The summed E-state index contributed by atoms with van der Waals surface area (Å²) in [5, 5.41) is 9.44. The zero-order valence-corrected chi connectivity index (χ0v) is 14.1. The highest BCUT2D eigenvalue weighted by atomic mass is 16.4. The summed E-state index contributed by atoms with van der Waals surface area (Å²) in [6, 6.07) is 13.2. The molecule has 2 aromatic rings. The lowest BCUT2D eigenvalue weighted by Gasteiger charge is -2.26. The number of carboxylic acids is 1. The largest absolute Gasteiger partial charge is 0.478 e. The molecule has 2 aliphatic heterocycles. The molecule has 26 heavy (non-hydrogen) atoms. The highest BCUT2D eigenvalue weighted by Crippen LogP contribution is 2.33. The van der Waals surface area contributed by atoms with Crippen LogP contribution in [0.5, 0.6) is 0 Å². The molecule has 1 saturated heterocycles. The number of hydrogen-bond donors (Lipinski definition) is 1. The van der Waals surface area contributed by atoms with Gasteiger partial charge in [0.15, 0.2) is 0 Å². The van der Waals surface area contributed by atoms with Gasteiger partial charge < -0.3 is 14.9 Å². The Balaban J connectivity index is 1.82. The third-order valence-corrected chi connectivity index (χ3v) is 5.07. The van der Waals surface area contributed by atoms with Crippen LogP contribution in [0.15, 0.2) is 48.5 Å². The quantitative estimate of drug-likeness (QED) is 0.923. The molecule has 2 amide bonds. The van der Waals surface area contributed by atoms with Crippen LogP contribution in [-0.2, 0) is 11.3 Å². The molecule has 0 spiro atoms. The van der Waals surface area contributed by atoms with Crippen LogP contribution in [0.4, 0.5) is 5.69 Å². The zero-order chi connectivity index (χ0) is 18.3. The van der Waals surface area contributed by atoms with Crippen molar-refractivity contribution in [3.63, 3.8) is 0 Å². The number of nitrogens with zero attached hydrogens (tertiary/aromatic N) is 2. The first-order chi connectivity index (χ1) is 12.6. The van der Waals surface area contributed by atoms with Crippen molar-refractivity contribution < 1.29 is 19.5 Å². The van der Waals surface area contributed by atoms with Crippen LogP contribution in [0.3, 0.4) is 0 Å². The topological polar surface area (TPSA) is 77.9 Å². The Bertz CT molecular complexity index is 908. The van der Waals surface area contributed by atoms with Gasteiger partial charge in [-0.1, -0.05) is 30.3 Å². The summed E-state index contributed by atoms with van der Waals surface area (Å²) in [7, 11) is 0. The van der Waals surface area contributed by atoms with E-state index in [-0.39, 0.29) is 23.9 Å². The molecule has 1 unspecified atom stereocenters. The predicted molar refractivity (Wildman–Crippen MR) is 95.1 cm³/mol. The number of para-hydroxylation sites is 1. The molecule has 1 N–H and O–H groups in total. The fourth-order valence-corrected chi connectivity index (χ4v) is 3.81. The Morgan fingerprint density at radius 3 is 2.62 bits per heavy atom. The Hall–Kier alpha value is -3.15. The van der Waals surface area contributed by atoms with Crippen LogP contribution in [-0.4, -0.2) is 40.4 Å². The second-order valence-electron chi connectivity index (χ2n) is 6.56. The molecule has 0 bridgehead atoms. The first-order valence-corrected chi connectivity index (χ1v) is 8.60. The molecule has 2 heterocycles. The molecule has 0 aliphatic carbocycles. The maximum absolute atomic E-state index is 13.2. The van der Waals surface area contributed by atoms with Crippen molar-refractivity contribution in [1.29, 1.82) is 0 Å². The molecule has 1 fully saturated rings. The van der Waals surface area contributed by atoms with E-state index in [4.69, 9.17) is 0 Å². The Labute approximate surface area is 150 Å². The molecule has 2 aromatic carbocycles. The van der Waals surface area contributed by atoms with Crippen LogP contribution in [0, 0.1) is 0 Å². The Morgan fingerprint density at radius 1 is 1.08 bits per heavy atom. The monoisotopic (exact) mass is 350 g/mol. The molecule has 0 saturated carbocycles. The number of amides is 2. The van der Waals surface area contributed by atoms with Gasteiger partial charge in [-0.15, -0.1) is 0 Å². The summed E-state index contributed by atoms with van der Waals surface area (Å²) in [6.07, 6.45) is 1.43. The van der Waals surface area contributed by atoms with Gasteiger partial charge in [-0.2, -0.15) is 0 Å². The van der Waals surface area contributed by atoms with Crippen molar-refractivity contribution in [3.05, 3.63) is 65.2 Å². The maximum atomic E-state index is 13.2. The molecule has 0 radical (unpaired) electrons. The van der Waals surface area contributed by atoms with Crippen molar-refractivity contribution in [1.82, 2.24) is 4.90 Å². The van der Waals surface area contributed by atoms with E-state index in [0.29, 0.717) is 29.8 Å². The number of hydrogen-bond acceptors (Lipinski definition) is 3. The second kappa shape index (κ2) is 6.29. The lowest BCUT2D eigenvalue weighted by Crippen LogP contribution is -2.44. The van der Waals surface area contributed by atoms with E-state index in [1.807, 2.05) is 0 Å². The number of carbonyl (C=O) groups excluding carboxylic acids is 2. The minimum Gasteiger partial charge on any atom is -0.478 e. The average Bonchev–Trinajstić information content (AvgIpc) is 3.12. The minimum atomic E-state index is -1.03. The number of aromatic carboxylic acids is 1. The molecule has 6 nitrogen and oxygen atoms in total. The minimum absolute atomic E-state index is 0.121. The van der Waals surface area contributed by atoms with Gasteiger partial charge in [-0.3, -0.25) is 9.59 Å². The zero-order valence-electron chi connectivity index (χ0n) is 14.1. The van der Waals surface area contributed by atoms with E-state index in [2.05, 4.69) is 0 Å². The molecule has 4 rings (SSSR count). The lowest BCUT2D eigenvalue weighted by atomic mass is 10.1. The van der Waals surface area contributed by atoms with Gasteiger partial charge in [0, 0.05) is 6.54 Å². The highest BCUT2D eigenvalue weighted by Gasteiger charge is 2.41. The number of benzene rings is 2. The normalized spacial score (nSPS) is 19.2. The molecule has 1 atom stereocenters. The second-order valence-corrected chi connectivity index (χ2v) is 6.56. The van der Waals surface area contributed by atoms with E-state index in [1.54, 1.807) is 52.3 Å². The molecular formula is C20H18N2O4. The SMILES string of the molecule is O=C(O)c1ccccc1CN1C(=O)C2CCCN2C(=O)c2ccccc21. The van der Waals surface area contributed by atoms with E-state index < -0.39 is 12.0 Å². The molecule has 132 valence electrons. The predicted octanol–water partition coefficient (Wildman–Crippen LogP) is 2.54. The van der Waals surface area contributed by atoms with E-state index in [1.165, 1.54) is 6.07 Å². The highest BCUT2D eigenvalue weighted by molar-refractivity contribution is 6.11. The number of fused-ring (bicyclic) bond motifs is 2. The van der Waals surface area contributed by atoms with E-state index in [0.717, 1.165) is 6.42 Å². The summed E-state index contributed by atoms with van der Waals surface area (Å²) >= 11 is 0. The first kappa shape index (κ1) is 16.3. The van der Waals surface area contributed by atoms with Gasteiger partial charge in [-0.05, 0) is 36.6 Å². The molecule has 2 aliphatic rings. The van der Waals surface area contributed by atoms with Gasteiger partial charge in [0.2, 0.25) is 5.91 Å². The molecule has 6 heteroatoms. The van der Waals surface area contributed by atoms with E-state index in [9.17, 15) is 19.5 Å². The van der Waals surface area contributed by atoms with Crippen molar-refractivity contribution in [2.24, 2.45) is 0 Å². The molecule has 0 aromatic heterocycles. The van der Waals surface area contributed by atoms with Crippen LogP contribution in [0.2, 0.25) is 0 Å². The van der Waals surface area contributed by atoms with Gasteiger partial charge >= 0.3 is 5.97 Å². The van der Waals surface area contributed by atoms with Crippen molar-refractivity contribution >= 4 is 23.5 Å². The maximum Gasteiger partial charge on any atom is 0.336 e. The Kier molecular flexibility index (Phi) is 3.95. The van der Waals surface area contributed by atoms with Crippen LogP contribution in [0.25, 0.3) is 0 Å². The number of carboxylic acid groups (broad SMARTS) is 1. The van der Waals surface area contributed by atoms with Gasteiger partial charge in [0.1, 0.15) is 6.04 Å². The summed E-state index contributed by atoms with van der Waals surface area (Å²) in [4.78, 5) is 40.8. The molecular weight excluding hydrogens is 332 g/mol. The first-order valence-electron chi connectivity index (χ1n) is 8.60. The van der Waals surface area contributed by atoms with Crippen molar-refractivity contribution in [2.75, 3.05) is 11.4 Å². The summed E-state index contributed by atoms with van der Waals surface area (Å²) in [5.41, 5.74) is 1.73. The summed E-state index contributed by atoms with van der Waals surface area (Å²) in [6.45, 7) is 0.694. The van der Waals surface area contributed by atoms with Crippen molar-refractivity contribution in [3.8, 4) is 0 Å². The number of rotatable bonds is 3. The number of carbonyl (C=O) groups is 3. The Morgan fingerprint density at radius 2 is 1.81 bits per heavy atom. The third-order valence-electron chi connectivity index (χ3n) is 5.07. The summed E-state index contributed by atoms with van der Waals surface area (Å²) < 4.78 is 0. The average molecular weight is 350 g/mol. The van der Waals surface area contributed by atoms with Gasteiger partial charge in [0.25, 0.3) is 5.91 Å². The van der Waals surface area contributed by atoms with Gasteiger partial charge in [-0.25, -0.2) is 4.79 Å². The van der Waals surface area contributed by atoms with Crippen molar-refractivity contribution in [2.45, 2.75) is 25.4 Å².